The zero-order chi connectivity index (χ0) is 13.8. The molecule has 1 unspecified atom stereocenters. The summed E-state index contributed by atoms with van der Waals surface area (Å²) in [7, 11) is 2.01. The summed E-state index contributed by atoms with van der Waals surface area (Å²) in [4.78, 5) is 2.13. The lowest BCUT2D eigenvalue weighted by Gasteiger charge is -2.28. The molecular weight excluding hydrogens is 224 g/mol. The van der Waals surface area contributed by atoms with Gasteiger partial charge in [-0.15, -0.1) is 0 Å². The Morgan fingerprint density at radius 3 is 2.28 bits per heavy atom. The van der Waals surface area contributed by atoms with Gasteiger partial charge in [0.1, 0.15) is 0 Å². The maximum atomic E-state index is 10.1. The maximum Gasteiger partial charge on any atom is 0.0991 e. The van der Waals surface area contributed by atoms with Gasteiger partial charge >= 0.3 is 0 Å². The normalized spacial score (nSPS) is 13.4. The van der Waals surface area contributed by atoms with E-state index in [0.29, 0.717) is 12.1 Å². The number of nitrogens with zero attached hydrogens (tertiary/aromatic N) is 2. The van der Waals surface area contributed by atoms with Crippen LogP contribution >= 0.6 is 0 Å². The molecule has 1 aromatic rings. The summed E-state index contributed by atoms with van der Waals surface area (Å²) in [5.41, 5.74) is 1.70. The number of rotatable bonds is 4. The van der Waals surface area contributed by atoms with Crippen LogP contribution in [0.1, 0.15) is 38.0 Å². The first-order valence-corrected chi connectivity index (χ1v) is 6.18. The molecule has 0 saturated carbocycles. The van der Waals surface area contributed by atoms with Crippen LogP contribution in [0.25, 0.3) is 0 Å². The number of aliphatic hydroxyl groups excluding tert-OH is 1. The highest BCUT2D eigenvalue weighted by Crippen LogP contribution is 2.18. The summed E-state index contributed by atoms with van der Waals surface area (Å²) in [6.07, 6.45) is -0.509. The highest BCUT2D eigenvalue weighted by molar-refractivity contribution is 5.32. The van der Waals surface area contributed by atoms with E-state index in [1.54, 1.807) is 12.1 Å². The van der Waals surface area contributed by atoms with Crippen LogP contribution < -0.4 is 0 Å². The SMILES string of the molecule is CN(CC(O)c1ccc(C#N)cc1)CC(C)(C)C. The van der Waals surface area contributed by atoms with Gasteiger partial charge in [0.2, 0.25) is 0 Å². The predicted molar refractivity (Wildman–Crippen MR) is 73.1 cm³/mol. The zero-order valence-corrected chi connectivity index (χ0v) is 11.6. The van der Waals surface area contributed by atoms with Crippen molar-refractivity contribution < 1.29 is 5.11 Å². The van der Waals surface area contributed by atoms with Gasteiger partial charge in [0.15, 0.2) is 0 Å². The Bertz CT molecular complexity index is 412. The van der Waals surface area contributed by atoms with Crippen molar-refractivity contribution in [3.63, 3.8) is 0 Å². The largest absolute Gasteiger partial charge is 0.387 e. The quantitative estimate of drug-likeness (QED) is 0.888. The van der Waals surface area contributed by atoms with Crippen molar-refractivity contribution in [2.24, 2.45) is 5.41 Å². The van der Waals surface area contributed by atoms with Crippen molar-refractivity contribution in [1.82, 2.24) is 4.90 Å². The minimum atomic E-state index is -0.509. The molecule has 3 heteroatoms. The number of hydrogen-bond donors (Lipinski definition) is 1. The third-order valence-electron chi connectivity index (χ3n) is 2.65. The summed E-state index contributed by atoms with van der Waals surface area (Å²) in [5, 5.41) is 18.8. The fourth-order valence-corrected chi connectivity index (χ4v) is 2.05. The van der Waals surface area contributed by atoms with Crippen LogP contribution in [0.2, 0.25) is 0 Å². The maximum absolute atomic E-state index is 10.1. The van der Waals surface area contributed by atoms with Crippen LogP contribution in [0.3, 0.4) is 0 Å². The lowest BCUT2D eigenvalue weighted by molar-refractivity contribution is 0.108. The van der Waals surface area contributed by atoms with Gasteiger partial charge in [-0.1, -0.05) is 32.9 Å². The highest BCUT2D eigenvalue weighted by Gasteiger charge is 2.16. The smallest absolute Gasteiger partial charge is 0.0991 e. The van der Waals surface area contributed by atoms with Crippen LogP contribution in [0.4, 0.5) is 0 Å². The first kappa shape index (κ1) is 14.7. The number of aliphatic hydroxyl groups is 1. The predicted octanol–water partition coefficient (Wildman–Crippen LogP) is 2.57. The molecule has 0 fully saturated rings. The van der Waals surface area contributed by atoms with Crippen molar-refractivity contribution in [1.29, 1.82) is 5.26 Å². The van der Waals surface area contributed by atoms with E-state index in [2.05, 4.69) is 31.7 Å². The van der Waals surface area contributed by atoms with E-state index in [4.69, 9.17) is 5.26 Å². The molecule has 18 heavy (non-hydrogen) atoms. The molecule has 0 amide bonds. The van der Waals surface area contributed by atoms with Gasteiger partial charge in [-0.2, -0.15) is 5.26 Å². The Morgan fingerprint density at radius 1 is 1.28 bits per heavy atom. The van der Waals surface area contributed by atoms with E-state index < -0.39 is 6.10 Å². The summed E-state index contributed by atoms with van der Waals surface area (Å²) in [5.74, 6) is 0. The Labute approximate surface area is 110 Å². The van der Waals surface area contributed by atoms with Crippen LogP contribution in [0.15, 0.2) is 24.3 Å². The van der Waals surface area contributed by atoms with E-state index in [-0.39, 0.29) is 5.41 Å². The number of likely N-dealkylation sites (N-methyl/N-ethyl adjacent to an activating group) is 1. The molecule has 0 aliphatic carbocycles. The molecule has 0 aliphatic rings. The monoisotopic (exact) mass is 246 g/mol. The van der Waals surface area contributed by atoms with Gasteiger partial charge in [0.05, 0.1) is 17.7 Å². The summed E-state index contributed by atoms with van der Waals surface area (Å²) in [6.45, 7) is 8.07. The van der Waals surface area contributed by atoms with Crippen LogP contribution in [0, 0.1) is 16.7 Å². The van der Waals surface area contributed by atoms with Crippen molar-refractivity contribution in [2.45, 2.75) is 26.9 Å². The second-order valence-corrected chi connectivity index (χ2v) is 6.01. The number of hydrogen-bond acceptors (Lipinski definition) is 3. The van der Waals surface area contributed by atoms with E-state index in [1.165, 1.54) is 0 Å². The van der Waals surface area contributed by atoms with Crippen molar-refractivity contribution in [3.05, 3.63) is 35.4 Å². The Morgan fingerprint density at radius 2 is 1.83 bits per heavy atom. The van der Waals surface area contributed by atoms with Crippen molar-refractivity contribution in [2.75, 3.05) is 20.1 Å². The fraction of sp³-hybridized carbons (Fsp3) is 0.533. The van der Waals surface area contributed by atoms with Crippen molar-refractivity contribution >= 4 is 0 Å². The molecule has 3 nitrogen and oxygen atoms in total. The first-order valence-electron chi connectivity index (χ1n) is 6.18. The van der Waals surface area contributed by atoms with Crippen LogP contribution in [-0.2, 0) is 0 Å². The standard InChI is InChI=1S/C15H22N2O/c1-15(2,3)11-17(4)10-14(18)13-7-5-12(9-16)6-8-13/h5-8,14,18H,10-11H2,1-4H3. The molecule has 1 N–H and O–H groups in total. The molecular formula is C15H22N2O. The molecule has 98 valence electrons. The molecule has 1 rings (SSSR count). The average molecular weight is 246 g/mol. The van der Waals surface area contributed by atoms with Gasteiger partial charge in [0, 0.05) is 13.1 Å². The molecule has 0 aromatic heterocycles. The van der Waals surface area contributed by atoms with Crippen molar-refractivity contribution in [3.8, 4) is 6.07 Å². The Balaban J connectivity index is 2.59. The van der Waals surface area contributed by atoms with E-state index in [9.17, 15) is 5.11 Å². The summed E-state index contributed by atoms with van der Waals surface area (Å²) in [6, 6.07) is 9.18. The molecule has 0 radical (unpaired) electrons. The minimum Gasteiger partial charge on any atom is -0.387 e. The van der Waals surface area contributed by atoms with Gasteiger partial charge in [-0.3, -0.25) is 0 Å². The third-order valence-corrected chi connectivity index (χ3v) is 2.65. The molecule has 0 heterocycles. The zero-order valence-electron chi connectivity index (χ0n) is 11.6. The number of benzene rings is 1. The second kappa shape index (κ2) is 5.99. The highest BCUT2D eigenvalue weighted by atomic mass is 16.3. The Kier molecular flexibility index (Phi) is 4.89. The van der Waals surface area contributed by atoms with E-state index >= 15 is 0 Å². The first-order chi connectivity index (χ1) is 8.31. The van der Waals surface area contributed by atoms with E-state index in [1.807, 2.05) is 19.2 Å². The van der Waals surface area contributed by atoms with Gasteiger partial charge in [-0.05, 0) is 30.2 Å². The van der Waals surface area contributed by atoms with Gasteiger partial charge < -0.3 is 10.0 Å². The molecule has 0 bridgehead atoms. The molecule has 1 aromatic carbocycles. The molecule has 1 atom stereocenters. The molecule has 0 spiro atoms. The van der Waals surface area contributed by atoms with Gasteiger partial charge in [0.25, 0.3) is 0 Å². The molecule has 0 saturated heterocycles. The van der Waals surface area contributed by atoms with Crippen LogP contribution in [0.5, 0.6) is 0 Å². The summed E-state index contributed by atoms with van der Waals surface area (Å²) >= 11 is 0. The topological polar surface area (TPSA) is 47.3 Å². The van der Waals surface area contributed by atoms with E-state index in [0.717, 1.165) is 12.1 Å². The summed E-state index contributed by atoms with van der Waals surface area (Å²) < 4.78 is 0. The second-order valence-electron chi connectivity index (χ2n) is 6.01. The van der Waals surface area contributed by atoms with Gasteiger partial charge in [-0.25, -0.2) is 0 Å². The lowest BCUT2D eigenvalue weighted by Crippen LogP contribution is -2.32. The fourth-order valence-electron chi connectivity index (χ4n) is 2.05. The number of nitriles is 1. The third kappa shape index (κ3) is 4.87. The lowest BCUT2D eigenvalue weighted by atomic mass is 9.96. The Hall–Kier alpha value is -1.37. The molecule has 0 aliphatic heterocycles. The van der Waals surface area contributed by atoms with Crippen LogP contribution in [-0.4, -0.2) is 30.1 Å². The minimum absolute atomic E-state index is 0.221. The average Bonchev–Trinajstić information content (AvgIpc) is 2.26.